The van der Waals surface area contributed by atoms with Gasteiger partial charge in [0.2, 0.25) is 5.78 Å². The average molecular weight is 547 g/mol. The molecule has 3 aliphatic carbocycles. The highest BCUT2D eigenvalue weighted by Crippen LogP contribution is 2.52. The van der Waals surface area contributed by atoms with Crippen molar-refractivity contribution in [1.29, 1.82) is 0 Å². The van der Waals surface area contributed by atoms with Gasteiger partial charge in [0.25, 0.3) is 5.91 Å². The number of aromatic hydroxyl groups is 1. The molecule has 208 valence electrons. The van der Waals surface area contributed by atoms with Crippen molar-refractivity contribution in [3.63, 3.8) is 0 Å². The number of benzene rings is 2. The minimum Gasteiger partial charge on any atom is -0.511 e. The number of allylic oxidation sites excluding steroid dienone is 2. The third-order valence-corrected chi connectivity index (χ3v) is 8.69. The highest BCUT2D eigenvalue weighted by atomic mass is 16.5. The van der Waals surface area contributed by atoms with Crippen LogP contribution in [0.25, 0.3) is 11.1 Å². The minimum absolute atomic E-state index is 0.00713. The van der Waals surface area contributed by atoms with Gasteiger partial charge in [0.05, 0.1) is 18.8 Å². The Labute approximate surface area is 230 Å². The van der Waals surface area contributed by atoms with E-state index in [1.54, 1.807) is 6.07 Å². The van der Waals surface area contributed by atoms with E-state index in [9.17, 15) is 34.8 Å². The summed E-state index contributed by atoms with van der Waals surface area (Å²) in [5, 5.41) is 43.8. The molecule has 6 rings (SSSR count). The lowest BCUT2D eigenvalue weighted by Gasteiger charge is -2.45. The lowest BCUT2D eigenvalue weighted by molar-refractivity contribution is -0.144. The Bertz CT molecular complexity index is 1520. The quantitative estimate of drug-likeness (QED) is 0.360. The van der Waals surface area contributed by atoms with Crippen molar-refractivity contribution in [3.8, 4) is 16.9 Å². The fraction of sp³-hybridized carbons (Fsp3) is 0.367. The minimum atomic E-state index is -2.57. The van der Waals surface area contributed by atoms with Gasteiger partial charge in [0.15, 0.2) is 11.4 Å². The second-order valence-electron chi connectivity index (χ2n) is 11.0. The predicted molar refractivity (Wildman–Crippen MR) is 142 cm³/mol. The maximum absolute atomic E-state index is 13.8. The zero-order valence-electron chi connectivity index (χ0n) is 21.7. The second kappa shape index (κ2) is 9.58. The summed E-state index contributed by atoms with van der Waals surface area (Å²) in [6, 6.07) is 11.2. The third-order valence-electron chi connectivity index (χ3n) is 8.69. The summed E-state index contributed by atoms with van der Waals surface area (Å²) in [6.45, 7) is 3.82. The molecule has 2 aromatic rings. The maximum Gasteiger partial charge on any atom is 0.255 e. The molecule has 2 aromatic carbocycles. The number of amides is 1. The molecule has 6 N–H and O–H groups in total. The molecular formula is C30H30N2O8. The number of hydrogen-bond donors (Lipinski definition) is 5. The lowest BCUT2D eigenvalue weighted by atomic mass is 9.60. The molecule has 3 atom stereocenters. The summed E-state index contributed by atoms with van der Waals surface area (Å²) >= 11 is 0. The molecule has 1 fully saturated rings. The topological polar surface area (TPSA) is 171 Å². The number of carbonyl (C=O) groups is 3. The first kappa shape index (κ1) is 26.2. The van der Waals surface area contributed by atoms with Crippen LogP contribution in [0.4, 0.5) is 0 Å². The number of phenolic OH excluding ortho intramolecular Hbond substituents is 1. The van der Waals surface area contributed by atoms with Crippen molar-refractivity contribution < 1.29 is 39.5 Å². The SMILES string of the molecule is NC(=O)C1=C(O)CC2C[C@@H]3Cc4c(-c5cccc(CN6CCOCC6)c5)ccc(O)c4C(=O)C3=C(O)[C@]2(O)C1=O. The molecule has 1 saturated heterocycles. The number of hydrogen-bond acceptors (Lipinski definition) is 9. The molecule has 0 saturated carbocycles. The number of primary amides is 1. The normalized spacial score (nSPS) is 26.8. The van der Waals surface area contributed by atoms with Gasteiger partial charge in [-0.2, -0.15) is 0 Å². The van der Waals surface area contributed by atoms with Crippen LogP contribution in [0, 0.1) is 11.8 Å². The fourth-order valence-electron chi connectivity index (χ4n) is 6.74. The highest BCUT2D eigenvalue weighted by Gasteiger charge is 2.59. The van der Waals surface area contributed by atoms with Gasteiger partial charge in [-0.05, 0) is 53.1 Å². The van der Waals surface area contributed by atoms with Crippen LogP contribution in [0.5, 0.6) is 5.75 Å². The molecule has 1 aliphatic heterocycles. The molecule has 1 amide bonds. The number of fused-ring (bicyclic) bond motifs is 3. The van der Waals surface area contributed by atoms with Crippen LogP contribution in [0.2, 0.25) is 0 Å². The first-order valence-electron chi connectivity index (χ1n) is 13.3. The van der Waals surface area contributed by atoms with Crippen LogP contribution in [-0.2, 0) is 27.3 Å². The number of aliphatic hydroxyl groups is 3. The number of nitrogens with two attached hydrogens (primary N) is 1. The standard InChI is InChI=1S/C30H30N2O8/c31-29(38)25-22(34)13-18-11-17-12-20-19(16-3-1-2-15(10-16)14-32-6-8-40-9-7-32)4-5-21(33)24(20)26(35)23(17)27(36)30(18,39)28(25)37/h1-5,10,17-18,33-34,36,39H,6-9,11-14H2,(H2,31,38)/t17-,18?,30+/m1/s1. The first-order chi connectivity index (χ1) is 19.1. The van der Waals surface area contributed by atoms with Crippen molar-refractivity contribution in [2.45, 2.75) is 31.4 Å². The average Bonchev–Trinajstić information content (AvgIpc) is 2.91. The number of morpholine rings is 1. The van der Waals surface area contributed by atoms with E-state index in [4.69, 9.17) is 10.5 Å². The smallest absolute Gasteiger partial charge is 0.255 e. The molecule has 0 spiro atoms. The summed E-state index contributed by atoms with van der Waals surface area (Å²) < 4.78 is 5.44. The van der Waals surface area contributed by atoms with Crippen LogP contribution in [0.3, 0.4) is 0 Å². The zero-order chi connectivity index (χ0) is 28.3. The number of rotatable bonds is 4. The van der Waals surface area contributed by atoms with Gasteiger partial charge in [-0.25, -0.2) is 0 Å². The van der Waals surface area contributed by atoms with E-state index in [2.05, 4.69) is 11.0 Å². The van der Waals surface area contributed by atoms with Crippen LogP contribution in [0.15, 0.2) is 59.1 Å². The van der Waals surface area contributed by atoms with Crippen LogP contribution in [0.1, 0.15) is 34.3 Å². The Balaban J connectivity index is 1.41. The lowest BCUT2D eigenvalue weighted by Crippen LogP contribution is -2.57. The van der Waals surface area contributed by atoms with Gasteiger partial charge in [0, 0.05) is 37.5 Å². The Morgan fingerprint density at radius 3 is 2.55 bits per heavy atom. The van der Waals surface area contributed by atoms with E-state index in [1.165, 1.54) is 6.07 Å². The number of ether oxygens (including phenoxy) is 1. The summed E-state index contributed by atoms with van der Waals surface area (Å²) in [7, 11) is 0. The Kier molecular flexibility index (Phi) is 6.29. The van der Waals surface area contributed by atoms with Crippen molar-refractivity contribution in [2.24, 2.45) is 17.6 Å². The molecule has 0 bridgehead atoms. The Hall–Kier alpha value is -3.99. The van der Waals surface area contributed by atoms with Crippen molar-refractivity contribution in [2.75, 3.05) is 26.3 Å². The third kappa shape index (κ3) is 3.94. The monoisotopic (exact) mass is 546 g/mol. The molecule has 1 heterocycles. The van der Waals surface area contributed by atoms with Gasteiger partial charge >= 0.3 is 0 Å². The molecule has 4 aliphatic rings. The van der Waals surface area contributed by atoms with Gasteiger partial charge in [-0.1, -0.05) is 24.3 Å². The van der Waals surface area contributed by atoms with Gasteiger partial charge in [0.1, 0.15) is 22.8 Å². The summed E-state index contributed by atoms with van der Waals surface area (Å²) in [5.74, 6) is -6.36. The molecule has 1 unspecified atom stereocenters. The van der Waals surface area contributed by atoms with Gasteiger partial charge in [-0.15, -0.1) is 0 Å². The molecular weight excluding hydrogens is 516 g/mol. The number of Topliss-reactive ketones (excluding diaryl/α,β-unsaturated/α-hetero) is 2. The fourth-order valence-corrected chi connectivity index (χ4v) is 6.74. The predicted octanol–water partition coefficient (Wildman–Crippen LogP) is 2.08. The van der Waals surface area contributed by atoms with Crippen LogP contribution < -0.4 is 5.73 Å². The number of nitrogens with zero attached hydrogens (tertiary/aromatic N) is 1. The van der Waals surface area contributed by atoms with Crippen LogP contribution in [-0.4, -0.2) is 74.7 Å². The van der Waals surface area contributed by atoms with Crippen molar-refractivity contribution in [3.05, 3.63) is 75.8 Å². The van der Waals surface area contributed by atoms with Crippen molar-refractivity contribution >= 4 is 17.5 Å². The molecule has 10 heteroatoms. The molecule has 40 heavy (non-hydrogen) atoms. The Morgan fingerprint density at radius 1 is 1.07 bits per heavy atom. The van der Waals surface area contributed by atoms with Crippen LogP contribution >= 0.6 is 0 Å². The summed E-state index contributed by atoms with van der Waals surface area (Å²) in [4.78, 5) is 41.1. The number of ketones is 2. The number of phenols is 1. The van der Waals surface area contributed by atoms with E-state index in [-0.39, 0.29) is 36.1 Å². The molecule has 0 radical (unpaired) electrons. The van der Waals surface area contributed by atoms with E-state index < -0.39 is 52.0 Å². The maximum atomic E-state index is 13.8. The molecule has 0 aromatic heterocycles. The summed E-state index contributed by atoms with van der Waals surface area (Å²) in [6.07, 6.45) is 0.0901. The highest BCUT2D eigenvalue weighted by molar-refractivity contribution is 6.24. The van der Waals surface area contributed by atoms with Gasteiger partial charge < -0.3 is 30.9 Å². The van der Waals surface area contributed by atoms with E-state index in [1.807, 2.05) is 18.2 Å². The zero-order valence-corrected chi connectivity index (χ0v) is 21.7. The number of carbonyl (C=O) groups excluding carboxylic acids is 3. The first-order valence-corrected chi connectivity index (χ1v) is 13.3. The van der Waals surface area contributed by atoms with E-state index in [0.717, 1.165) is 36.3 Å². The second-order valence-corrected chi connectivity index (χ2v) is 11.0. The molecule has 10 nitrogen and oxygen atoms in total. The van der Waals surface area contributed by atoms with Crippen molar-refractivity contribution in [1.82, 2.24) is 4.90 Å². The largest absolute Gasteiger partial charge is 0.511 e. The van der Waals surface area contributed by atoms with E-state index in [0.29, 0.717) is 18.8 Å². The number of aliphatic hydroxyl groups excluding tert-OH is 2. The van der Waals surface area contributed by atoms with E-state index >= 15 is 0 Å². The Morgan fingerprint density at radius 2 is 1.82 bits per heavy atom. The van der Waals surface area contributed by atoms with Gasteiger partial charge in [-0.3, -0.25) is 19.3 Å². The summed E-state index contributed by atoms with van der Waals surface area (Å²) in [5.41, 5.74) is 5.09.